The third-order valence-electron chi connectivity index (χ3n) is 26.9. The first-order valence-corrected chi connectivity index (χ1v) is 46.2. The van der Waals surface area contributed by atoms with Crippen molar-refractivity contribution in [1.29, 1.82) is 10.5 Å². The number of carbonyl (C=O) groups is 4. The van der Waals surface area contributed by atoms with Gasteiger partial charge in [0.05, 0.1) is 73.4 Å². The van der Waals surface area contributed by atoms with Crippen molar-refractivity contribution in [2.75, 3.05) is 67.2 Å². The van der Waals surface area contributed by atoms with Crippen molar-refractivity contribution in [3.8, 4) is 12.1 Å². The number of anilines is 3. The first-order chi connectivity index (χ1) is 62.7. The van der Waals surface area contributed by atoms with Gasteiger partial charge in [-0.15, -0.1) is 0 Å². The smallest absolute Gasteiger partial charge is 1.00 e. The van der Waals surface area contributed by atoms with E-state index in [0.29, 0.717) is 119 Å². The molecule has 0 bridgehead atoms. The molecule has 6 saturated heterocycles. The summed E-state index contributed by atoms with van der Waals surface area (Å²) in [4.78, 5) is 81.8. The van der Waals surface area contributed by atoms with Gasteiger partial charge < -0.3 is 85.3 Å². The molecule has 6 fully saturated rings. The first kappa shape index (κ1) is 98.5. The number of halogens is 1. The van der Waals surface area contributed by atoms with Gasteiger partial charge in [-0.3, -0.25) is 14.7 Å². The van der Waals surface area contributed by atoms with E-state index < -0.39 is 23.4 Å². The van der Waals surface area contributed by atoms with Gasteiger partial charge in [-0.25, -0.2) is 48.9 Å². The molecular weight excluding hydrogens is 1830 g/mol. The summed E-state index contributed by atoms with van der Waals surface area (Å²) >= 11 is 2.18. The summed E-state index contributed by atoms with van der Waals surface area (Å²) in [6, 6.07) is 29.2. The van der Waals surface area contributed by atoms with Crippen LogP contribution in [0.3, 0.4) is 0 Å². The average molecular weight is 1950 g/mol. The number of hydrogen-bond acceptors (Lipinski definition) is 30. The van der Waals surface area contributed by atoms with Gasteiger partial charge in [-0.1, -0.05) is 78.0 Å². The van der Waals surface area contributed by atoms with Crippen LogP contribution in [0.15, 0.2) is 89.8 Å². The van der Waals surface area contributed by atoms with Crippen molar-refractivity contribution >= 4 is 111 Å². The molecule has 2 unspecified atom stereocenters. The summed E-state index contributed by atoms with van der Waals surface area (Å²) in [6.45, 7) is 25.8. The maximum absolute atomic E-state index is 13.0. The number of alkyl carbamates (subject to hydrolysis) is 2. The van der Waals surface area contributed by atoms with Crippen LogP contribution in [0.2, 0.25) is 0 Å². The minimum Gasteiger partial charge on any atom is -1.00 e. The maximum atomic E-state index is 13.0. The van der Waals surface area contributed by atoms with Crippen LogP contribution in [0.25, 0.3) is 33.5 Å². The molecule has 36 nitrogen and oxygen atoms in total. The fraction of sp³-hybridized carbons (Fsp3) is 0.548. The molecule has 3 aromatic carbocycles. The van der Waals surface area contributed by atoms with E-state index >= 15 is 0 Å². The predicted octanol–water partition coefficient (Wildman–Crippen LogP) is 9.64. The number of aliphatic hydroxyl groups excluding tert-OH is 2. The Morgan fingerprint density at radius 3 is 1.52 bits per heavy atom. The first-order valence-electron chi connectivity index (χ1n) is 45.1. The Morgan fingerprint density at radius 1 is 0.621 bits per heavy atom. The number of aromatic amines is 1. The summed E-state index contributed by atoms with van der Waals surface area (Å²) in [7, 11) is -0.369. The van der Waals surface area contributed by atoms with E-state index in [1.165, 1.54) is 29.2 Å². The average Bonchev–Trinajstić information content (AvgIpc) is 1.53. The molecule has 132 heavy (non-hydrogen) atoms. The molecule has 2 amide bonds. The van der Waals surface area contributed by atoms with Crippen molar-refractivity contribution in [1.82, 2.24) is 75.5 Å². The molecule has 3 aliphatic carbocycles. The van der Waals surface area contributed by atoms with Crippen LogP contribution in [-0.4, -0.2) is 187 Å². The number of nitrogens with two attached hydrogens (primary N) is 1. The number of aliphatic hydroxyl groups is 2. The molecule has 0 radical (unpaired) electrons. The number of nitrogens with zero attached hydrogens (tertiary/aromatic N) is 17. The van der Waals surface area contributed by atoms with Crippen molar-refractivity contribution < 1.29 is 125 Å². The van der Waals surface area contributed by atoms with Crippen LogP contribution in [0.4, 0.5) is 27.0 Å². The van der Waals surface area contributed by atoms with E-state index in [4.69, 9.17) is 88.5 Å². The molecule has 8 N–H and O–H groups in total. The number of H-pyrrole nitrogens is 1. The zero-order valence-corrected chi connectivity index (χ0v) is 82.5. The SMILES string of the molecule is CC(=O)OCc1nc2c(I)nn(C3CCCCO3)c2nc1N1CCC2(CC1)Cc1ccccc1[C@H]2NC(=O)OC(C)(C)C.CC(C)(C)OC(=O)N[C@@H]1c2ccccc2CC12CCN(c1nc3c(nc1CO)c(CC#N)nn3C1CCCCO1)CC2.CC1(C)OB(c2cnoc2)OC1(C)C.N#CCc1[nH]nc2nc(N3CCC4(CC3)Cc3ccccc3[C@H]4N)c(CO)nc12.O=CO.[H-].[K+]. The van der Waals surface area contributed by atoms with Crippen molar-refractivity contribution in [3.05, 3.63) is 151 Å². The zero-order chi connectivity index (χ0) is 93.0. The second kappa shape index (κ2) is 41.4. The van der Waals surface area contributed by atoms with Gasteiger partial charge in [-0.2, -0.15) is 25.8 Å². The number of nitrogens with one attached hydrogen (secondary N) is 3. The Hall–Kier alpha value is -9.47. The van der Waals surface area contributed by atoms with Gasteiger partial charge in [0, 0.05) is 81.7 Å². The van der Waals surface area contributed by atoms with E-state index in [9.17, 15) is 29.9 Å². The Morgan fingerprint density at radius 2 is 1.06 bits per heavy atom. The molecule has 7 aromatic heterocycles. The van der Waals surface area contributed by atoms with Gasteiger partial charge in [-0.05, 0) is 227 Å². The van der Waals surface area contributed by atoms with Gasteiger partial charge in [0.2, 0.25) is 5.65 Å². The van der Waals surface area contributed by atoms with Crippen molar-refractivity contribution in [2.45, 2.75) is 258 Å². The molecule has 3 spiro atoms. The van der Waals surface area contributed by atoms with Crippen molar-refractivity contribution in [3.63, 3.8) is 0 Å². The van der Waals surface area contributed by atoms with Gasteiger partial charge in [0.15, 0.2) is 44.9 Å². The second-order valence-electron chi connectivity index (χ2n) is 38.2. The van der Waals surface area contributed by atoms with Crippen LogP contribution in [0.1, 0.15) is 247 Å². The molecule has 13 heterocycles. The summed E-state index contributed by atoms with van der Waals surface area (Å²) in [5.41, 5.74) is 19.2. The number of rotatable bonds is 14. The zero-order valence-electron chi connectivity index (χ0n) is 78.2. The molecule has 6 aliphatic heterocycles. The van der Waals surface area contributed by atoms with Crippen LogP contribution in [-0.2, 0) is 94.5 Å². The minimum atomic E-state index is -0.584. The fourth-order valence-electron chi connectivity index (χ4n) is 19.7. The number of carboxylic acid groups (broad SMARTS) is 1. The largest absolute Gasteiger partial charge is 1.00 e. The number of carbonyl (C=O) groups excluding carboxylic acids is 3. The van der Waals surface area contributed by atoms with Gasteiger partial charge in [0.1, 0.15) is 63.4 Å². The third kappa shape index (κ3) is 21.3. The second-order valence-corrected chi connectivity index (χ2v) is 39.2. The number of ether oxygens (including phenoxy) is 5. The number of hydrogen-bond donors (Lipinski definition) is 7. The Bertz CT molecular complexity index is 5840. The molecule has 10 aromatic rings. The third-order valence-corrected chi connectivity index (χ3v) is 27.6. The van der Waals surface area contributed by atoms with Crippen LogP contribution < -0.4 is 87.9 Å². The molecule has 696 valence electrons. The Balaban J connectivity index is 0.000000156. The summed E-state index contributed by atoms with van der Waals surface area (Å²) in [5, 5.41) is 72.0. The summed E-state index contributed by atoms with van der Waals surface area (Å²) < 4.78 is 49.5. The topological polar surface area (TPSA) is 469 Å². The summed E-state index contributed by atoms with van der Waals surface area (Å²) in [5.74, 6) is 1.64. The number of piperidine rings is 3. The number of amides is 2. The van der Waals surface area contributed by atoms with Crippen LogP contribution in [0.5, 0.6) is 0 Å². The molecule has 39 heteroatoms. The van der Waals surface area contributed by atoms with E-state index in [0.717, 1.165) is 130 Å². The monoisotopic (exact) mass is 1950 g/mol. The normalized spacial score (nSPS) is 21.0. The predicted molar refractivity (Wildman–Crippen MR) is 494 cm³/mol. The fourth-order valence-corrected chi connectivity index (χ4v) is 20.3. The van der Waals surface area contributed by atoms with E-state index in [-0.39, 0.29) is 163 Å². The van der Waals surface area contributed by atoms with Crippen LogP contribution >= 0.6 is 22.6 Å². The number of nitriles is 2. The molecule has 19 rings (SSSR count). The van der Waals surface area contributed by atoms with Crippen LogP contribution in [0, 0.1) is 42.6 Å². The quantitative estimate of drug-likeness (QED) is 0.0175. The molecule has 9 aliphatic rings. The Labute approximate surface area is 824 Å². The molecular formula is C93H118BIKN21O15. The number of aromatic nitrogens is 13. The van der Waals surface area contributed by atoms with Crippen molar-refractivity contribution in [2.24, 2.45) is 22.0 Å². The van der Waals surface area contributed by atoms with E-state index in [2.05, 4.69) is 146 Å². The maximum Gasteiger partial charge on any atom is 1.00 e. The van der Waals surface area contributed by atoms with Gasteiger partial charge in [0.25, 0.3) is 6.47 Å². The number of esters is 1. The summed E-state index contributed by atoms with van der Waals surface area (Å²) in [6.07, 6.45) is 16.1. The molecule has 0 saturated carbocycles. The van der Waals surface area contributed by atoms with Gasteiger partial charge >= 0.3 is 76.7 Å². The Kier molecular flexibility index (Phi) is 30.9. The minimum absolute atomic E-state index is 0. The number of fused-ring (bicyclic) bond motifs is 6. The molecule has 5 atom stereocenters. The number of benzene rings is 3. The van der Waals surface area contributed by atoms with E-state index in [1.807, 2.05) is 86.1 Å². The van der Waals surface area contributed by atoms with E-state index in [1.54, 1.807) is 17.1 Å². The standard InChI is InChI=1S/C31H39IN6O5.C31H39N7O4.C21H23N7O.C9H14BNO3.CH2O2.K.H/c1-19(39)42-18-22-27(35-28-24(33-22)26(32)36-38(28)23-11-7-8-16-41-23)37-14-12-31(13-15-37)17-20-9-5-6-10-21(20)25(31)34-29(40)43-30(2,3)4;1-30(2,3)42-29(40)34-26-21-9-5-4-8-20(21)18-31(26)12-15-37(16-13-31)27-23(19-39)33-25-22(11-14-32)36-38(28(25)35-27)24-10-6-7-17-41-24;22-8-5-15-17-19(27-26-15)25-20(16(12-29)24-17)28-9-6-21(7-10-28)11-13-3-1-2-4-14(13)18(21)23;1-8(2)9(3,4)14-10(13-8)7-5-11-12-6-7;2-1-3;;/h5-6,9-10,23,25H,7-8,11-18H2,1-4H3,(H,34,40);4-5,8-9,24,26,39H,6-7,10-13,15-19H2,1-3H3,(H,34,40);1-4,18,29H,5-7,9-12,23H2,(H,25,26,27);5-6H,1-4H3;1H,(H,2,3);;/q;;;;;+1;-1/t23?,25-;24?,26-;18-;;;;/m111..../s1.